The van der Waals surface area contributed by atoms with Gasteiger partial charge in [-0.25, -0.2) is 0 Å². The molecule has 1 heterocycles. The lowest BCUT2D eigenvalue weighted by Gasteiger charge is -2.29. The van der Waals surface area contributed by atoms with Crippen LogP contribution in [-0.2, 0) is 9.59 Å². The van der Waals surface area contributed by atoms with Gasteiger partial charge in [0.05, 0.1) is 5.92 Å². The zero-order chi connectivity index (χ0) is 13.8. The van der Waals surface area contributed by atoms with Crippen molar-refractivity contribution >= 4 is 11.9 Å². The number of nitrogens with one attached hydrogen (secondary N) is 1. The molecule has 0 spiro atoms. The van der Waals surface area contributed by atoms with Crippen molar-refractivity contribution in [3.63, 3.8) is 0 Å². The predicted molar refractivity (Wildman–Crippen MR) is 55.9 cm³/mol. The molecule has 0 radical (unpaired) electrons. The van der Waals surface area contributed by atoms with E-state index in [1.807, 2.05) is 0 Å². The first-order valence-electron chi connectivity index (χ1n) is 5.57. The first-order chi connectivity index (χ1) is 8.29. The van der Waals surface area contributed by atoms with Gasteiger partial charge in [0.1, 0.15) is 13.1 Å². The second kappa shape index (κ2) is 6.03. The first-order valence-corrected chi connectivity index (χ1v) is 5.57. The van der Waals surface area contributed by atoms with Crippen molar-refractivity contribution in [1.29, 1.82) is 0 Å². The first kappa shape index (κ1) is 14.7. The fourth-order valence-corrected chi connectivity index (χ4v) is 1.91. The molecule has 8 heteroatoms. The summed E-state index contributed by atoms with van der Waals surface area (Å²) in [6.45, 7) is -1.42. The molecule has 104 valence electrons. The van der Waals surface area contributed by atoms with E-state index in [9.17, 15) is 22.8 Å². The topological polar surface area (TPSA) is 69.6 Å². The van der Waals surface area contributed by atoms with Crippen molar-refractivity contribution in [3.8, 4) is 0 Å². The van der Waals surface area contributed by atoms with Crippen molar-refractivity contribution < 1.29 is 27.9 Å². The summed E-state index contributed by atoms with van der Waals surface area (Å²) in [5.41, 5.74) is 0. The summed E-state index contributed by atoms with van der Waals surface area (Å²) in [4.78, 5) is 22.7. The second-order valence-electron chi connectivity index (χ2n) is 4.25. The van der Waals surface area contributed by atoms with Gasteiger partial charge in [0.25, 0.3) is 0 Å². The third-order valence-electron chi connectivity index (χ3n) is 2.65. The molecule has 1 amide bonds. The minimum absolute atomic E-state index is 0.298. The van der Waals surface area contributed by atoms with Gasteiger partial charge in [-0.3, -0.25) is 9.59 Å². The summed E-state index contributed by atoms with van der Waals surface area (Å²) in [6, 6.07) is 0. The van der Waals surface area contributed by atoms with Crippen LogP contribution in [-0.4, -0.2) is 54.2 Å². The van der Waals surface area contributed by atoms with Gasteiger partial charge in [0.15, 0.2) is 0 Å². The highest BCUT2D eigenvalue weighted by Crippen LogP contribution is 2.20. The van der Waals surface area contributed by atoms with Gasteiger partial charge in [-0.2, -0.15) is 13.2 Å². The summed E-state index contributed by atoms with van der Waals surface area (Å²) in [5, 5.41) is 11.5. The standard InChI is InChI=1S/C10H15F3N2O3/c11-10(12,13)6-15(5-8(16)17)9(18)7-2-1-3-14-4-7/h7,14H,1-6H2,(H,16,17)/t7-/m1/s1. The maximum Gasteiger partial charge on any atom is 0.406 e. The van der Waals surface area contributed by atoms with Gasteiger partial charge < -0.3 is 15.3 Å². The Kier molecular flexibility index (Phi) is 4.94. The molecule has 1 aliphatic rings. The van der Waals surface area contributed by atoms with Crippen molar-refractivity contribution in [3.05, 3.63) is 0 Å². The lowest BCUT2D eigenvalue weighted by atomic mass is 9.98. The van der Waals surface area contributed by atoms with Gasteiger partial charge >= 0.3 is 12.1 Å². The molecule has 0 saturated carbocycles. The molecule has 1 rings (SSSR count). The van der Waals surface area contributed by atoms with Crippen LogP contribution in [0.4, 0.5) is 13.2 Å². The highest BCUT2D eigenvalue weighted by atomic mass is 19.4. The zero-order valence-corrected chi connectivity index (χ0v) is 9.66. The fraction of sp³-hybridized carbons (Fsp3) is 0.800. The lowest BCUT2D eigenvalue weighted by Crippen LogP contribution is -2.48. The van der Waals surface area contributed by atoms with Crippen LogP contribution in [0.5, 0.6) is 0 Å². The largest absolute Gasteiger partial charge is 0.480 e. The Hall–Kier alpha value is -1.31. The van der Waals surface area contributed by atoms with Crippen molar-refractivity contribution in [1.82, 2.24) is 10.2 Å². The van der Waals surface area contributed by atoms with Gasteiger partial charge in [0.2, 0.25) is 5.91 Å². The van der Waals surface area contributed by atoms with E-state index >= 15 is 0 Å². The maximum atomic E-state index is 12.3. The molecule has 0 aromatic heterocycles. The number of hydrogen-bond donors (Lipinski definition) is 2. The predicted octanol–water partition coefficient (Wildman–Crippen LogP) is 0.462. The quantitative estimate of drug-likeness (QED) is 0.777. The molecule has 0 aliphatic carbocycles. The number of amides is 1. The third-order valence-corrected chi connectivity index (χ3v) is 2.65. The van der Waals surface area contributed by atoms with E-state index in [0.717, 1.165) is 6.54 Å². The van der Waals surface area contributed by atoms with Crippen LogP contribution in [0.25, 0.3) is 0 Å². The number of rotatable bonds is 4. The van der Waals surface area contributed by atoms with Gasteiger partial charge in [-0.05, 0) is 19.4 Å². The second-order valence-corrected chi connectivity index (χ2v) is 4.25. The van der Waals surface area contributed by atoms with Crippen LogP contribution in [0.2, 0.25) is 0 Å². The van der Waals surface area contributed by atoms with E-state index in [-0.39, 0.29) is 0 Å². The fourth-order valence-electron chi connectivity index (χ4n) is 1.91. The summed E-state index contributed by atoms with van der Waals surface area (Å²) < 4.78 is 36.8. The number of halogens is 3. The summed E-state index contributed by atoms with van der Waals surface area (Å²) in [7, 11) is 0. The molecular formula is C10H15F3N2O3. The normalized spacial score (nSPS) is 20.5. The number of piperidine rings is 1. The Morgan fingerprint density at radius 1 is 1.39 bits per heavy atom. The molecule has 0 aromatic rings. The average molecular weight is 268 g/mol. The van der Waals surface area contributed by atoms with E-state index in [2.05, 4.69) is 5.32 Å². The number of carboxylic acid groups (broad SMARTS) is 1. The Morgan fingerprint density at radius 2 is 2.06 bits per heavy atom. The van der Waals surface area contributed by atoms with E-state index in [1.165, 1.54) is 0 Å². The van der Waals surface area contributed by atoms with E-state index in [1.54, 1.807) is 0 Å². The number of hydrogen-bond acceptors (Lipinski definition) is 3. The Balaban J connectivity index is 2.68. The van der Waals surface area contributed by atoms with Crippen LogP contribution in [0.3, 0.4) is 0 Å². The minimum atomic E-state index is -4.59. The highest BCUT2D eigenvalue weighted by Gasteiger charge is 2.36. The maximum absolute atomic E-state index is 12.3. The van der Waals surface area contributed by atoms with Crippen molar-refractivity contribution in [2.45, 2.75) is 19.0 Å². The number of alkyl halides is 3. The van der Waals surface area contributed by atoms with E-state index in [4.69, 9.17) is 5.11 Å². The molecule has 0 aromatic carbocycles. The smallest absolute Gasteiger partial charge is 0.406 e. The SMILES string of the molecule is O=C(O)CN(CC(F)(F)F)C(=O)[C@@H]1CCCNC1. The molecular weight excluding hydrogens is 253 g/mol. The molecule has 0 bridgehead atoms. The molecule has 18 heavy (non-hydrogen) atoms. The number of carbonyl (C=O) groups excluding carboxylic acids is 1. The Morgan fingerprint density at radius 3 is 2.50 bits per heavy atom. The number of aliphatic carboxylic acids is 1. The molecule has 1 aliphatic heterocycles. The summed E-state index contributed by atoms with van der Waals surface area (Å²) in [6.07, 6.45) is -3.41. The van der Waals surface area contributed by atoms with E-state index < -0.39 is 37.1 Å². The van der Waals surface area contributed by atoms with Crippen molar-refractivity contribution in [2.24, 2.45) is 5.92 Å². The van der Waals surface area contributed by atoms with Crippen LogP contribution in [0, 0.1) is 5.92 Å². The van der Waals surface area contributed by atoms with Gasteiger partial charge in [-0.1, -0.05) is 0 Å². The Labute approximate surface area is 102 Å². The van der Waals surface area contributed by atoms with Crippen LogP contribution in [0.15, 0.2) is 0 Å². The van der Waals surface area contributed by atoms with E-state index in [0.29, 0.717) is 24.3 Å². The number of carbonyl (C=O) groups is 2. The van der Waals surface area contributed by atoms with Gasteiger partial charge in [-0.15, -0.1) is 0 Å². The average Bonchev–Trinajstić information content (AvgIpc) is 2.26. The number of carboxylic acids is 1. The monoisotopic (exact) mass is 268 g/mol. The Bertz CT molecular complexity index is 314. The molecule has 1 atom stereocenters. The lowest BCUT2D eigenvalue weighted by molar-refractivity contribution is -0.168. The molecule has 1 fully saturated rings. The number of nitrogens with zero attached hydrogens (tertiary/aromatic N) is 1. The minimum Gasteiger partial charge on any atom is -0.480 e. The molecule has 1 saturated heterocycles. The van der Waals surface area contributed by atoms with Gasteiger partial charge in [0, 0.05) is 6.54 Å². The summed E-state index contributed by atoms with van der Waals surface area (Å²) >= 11 is 0. The molecule has 0 unspecified atom stereocenters. The summed E-state index contributed by atoms with van der Waals surface area (Å²) in [5.74, 6) is -2.77. The van der Waals surface area contributed by atoms with Crippen LogP contribution < -0.4 is 5.32 Å². The zero-order valence-electron chi connectivity index (χ0n) is 9.66. The van der Waals surface area contributed by atoms with Crippen LogP contribution in [0.1, 0.15) is 12.8 Å². The van der Waals surface area contributed by atoms with Crippen LogP contribution >= 0.6 is 0 Å². The third kappa shape index (κ3) is 4.91. The molecule has 5 nitrogen and oxygen atoms in total. The van der Waals surface area contributed by atoms with Crippen molar-refractivity contribution in [2.75, 3.05) is 26.2 Å². The highest BCUT2D eigenvalue weighted by molar-refractivity contribution is 5.83. The molecule has 2 N–H and O–H groups in total.